The fourth-order valence-electron chi connectivity index (χ4n) is 1.64. The van der Waals surface area contributed by atoms with E-state index in [0.29, 0.717) is 0 Å². The molecule has 0 bridgehead atoms. The summed E-state index contributed by atoms with van der Waals surface area (Å²) in [4.78, 5) is 0. The van der Waals surface area contributed by atoms with Crippen molar-refractivity contribution in [2.24, 2.45) is 17.8 Å². The monoisotopic (exact) mass is 184 g/mol. The first-order chi connectivity index (χ1) is 6.02. The van der Waals surface area contributed by atoms with Gasteiger partial charge in [-0.2, -0.15) is 0 Å². The van der Waals surface area contributed by atoms with E-state index in [1.54, 1.807) is 0 Å². The molecule has 0 aromatic heterocycles. The summed E-state index contributed by atoms with van der Waals surface area (Å²) >= 11 is 0. The second-order valence-corrected chi connectivity index (χ2v) is 5.40. The molecular formula is C13H28. The summed E-state index contributed by atoms with van der Waals surface area (Å²) in [5.74, 6) is 2.71. The van der Waals surface area contributed by atoms with Crippen LogP contribution in [-0.2, 0) is 0 Å². The van der Waals surface area contributed by atoms with Crippen LogP contribution in [0, 0.1) is 17.8 Å². The van der Waals surface area contributed by atoms with Crippen molar-refractivity contribution >= 4 is 0 Å². The van der Waals surface area contributed by atoms with Gasteiger partial charge in [0.25, 0.3) is 0 Å². The van der Waals surface area contributed by atoms with Crippen molar-refractivity contribution in [1.29, 1.82) is 0 Å². The molecule has 0 nitrogen and oxygen atoms in total. The van der Waals surface area contributed by atoms with Crippen LogP contribution in [-0.4, -0.2) is 0 Å². The molecule has 0 aromatic carbocycles. The normalized spacial score (nSPS) is 14.1. The third-order valence-electron chi connectivity index (χ3n) is 2.72. The fourth-order valence-corrected chi connectivity index (χ4v) is 1.64. The molecule has 0 rings (SSSR count). The molecule has 0 aliphatic carbocycles. The molecule has 1 unspecified atom stereocenters. The van der Waals surface area contributed by atoms with E-state index in [9.17, 15) is 0 Å². The average Bonchev–Trinajstić information content (AvgIpc) is 2.00. The van der Waals surface area contributed by atoms with Crippen LogP contribution in [0.15, 0.2) is 0 Å². The van der Waals surface area contributed by atoms with Crippen LogP contribution in [0.25, 0.3) is 0 Å². The summed E-state index contributed by atoms with van der Waals surface area (Å²) in [5, 5.41) is 0. The first-order valence-electron chi connectivity index (χ1n) is 6.02. The second kappa shape index (κ2) is 7.41. The highest BCUT2D eigenvalue weighted by molar-refractivity contribution is 4.57. The van der Waals surface area contributed by atoms with Crippen molar-refractivity contribution in [3.63, 3.8) is 0 Å². The van der Waals surface area contributed by atoms with Gasteiger partial charge in [0.15, 0.2) is 0 Å². The maximum Gasteiger partial charge on any atom is -0.0443 e. The Balaban J connectivity index is 3.25. The van der Waals surface area contributed by atoms with Crippen LogP contribution in [0.3, 0.4) is 0 Å². The Morgan fingerprint density at radius 3 is 1.62 bits per heavy atom. The lowest BCUT2D eigenvalue weighted by Gasteiger charge is -2.13. The zero-order valence-electron chi connectivity index (χ0n) is 10.3. The maximum absolute atomic E-state index is 2.41. The Kier molecular flexibility index (Phi) is 7.41. The van der Waals surface area contributed by atoms with Gasteiger partial charge < -0.3 is 0 Å². The van der Waals surface area contributed by atoms with Crippen LogP contribution in [0.5, 0.6) is 0 Å². The molecule has 0 aromatic rings. The molecule has 0 saturated carbocycles. The highest BCUT2D eigenvalue weighted by Crippen LogP contribution is 2.18. The third kappa shape index (κ3) is 9.92. The third-order valence-corrected chi connectivity index (χ3v) is 2.72. The van der Waals surface area contributed by atoms with E-state index in [2.05, 4.69) is 34.6 Å². The largest absolute Gasteiger partial charge is 0.0628 e. The molecule has 0 saturated heterocycles. The van der Waals surface area contributed by atoms with Crippen LogP contribution in [0.2, 0.25) is 0 Å². The first kappa shape index (κ1) is 13.0. The molecule has 0 fully saturated rings. The first-order valence-corrected chi connectivity index (χ1v) is 6.02. The van der Waals surface area contributed by atoms with Crippen molar-refractivity contribution in [1.82, 2.24) is 0 Å². The van der Waals surface area contributed by atoms with E-state index in [0.717, 1.165) is 17.8 Å². The van der Waals surface area contributed by atoms with Crippen molar-refractivity contribution in [3.8, 4) is 0 Å². The van der Waals surface area contributed by atoms with E-state index < -0.39 is 0 Å². The highest BCUT2D eigenvalue weighted by atomic mass is 14.1. The topological polar surface area (TPSA) is 0 Å². The van der Waals surface area contributed by atoms with Gasteiger partial charge in [-0.3, -0.25) is 0 Å². The Labute approximate surface area is 85.1 Å². The van der Waals surface area contributed by atoms with E-state index in [1.807, 2.05) is 0 Å². The standard InChI is InChI=1S/C13H28/c1-11(2)7-6-8-13(5)10-9-12(3)4/h11-13H,6-10H2,1-5H3. The summed E-state index contributed by atoms with van der Waals surface area (Å²) in [7, 11) is 0. The SMILES string of the molecule is CC(C)CCCC(C)CCC(C)C. The Hall–Kier alpha value is 0. The maximum atomic E-state index is 2.41. The van der Waals surface area contributed by atoms with Gasteiger partial charge in [0.1, 0.15) is 0 Å². The minimum atomic E-state index is 0.882. The summed E-state index contributed by atoms with van der Waals surface area (Å²) in [5.41, 5.74) is 0. The zero-order chi connectivity index (χ0) is 10.3. The van der Waals surface area contributed by atoms with E-state index in [1.165, 1.54) is 32.1 Å². The van der Waals surface area contributed by atoms with Crippen molar-refractivity contribution in [2.45, 2.75) is 66.7 Å². The molecular weight excluding hydrogens is 156 g/mol. The number of rotatable bonds is 7. The van der Waals surface area contributed by atoms with Gasteiger partial charge in [0.05, 0.1) is 0 Å². The van der Waals surface area contributed by atoms with E-state index in [4.69, 9.17) is 0 Å². The van der Waals surface area contributed by atoms with Crippen LogP contribution < -0.4 is 0 Å². The molecule has 0 spiro atoms. The zero-order valence-corrected chi connectivity index (χ0v) is 10.3. The molecule has 0 aliphatic rings. The summed E-state index contributed by atoms with van der Waals surface area (Å²) < 4.78 is 0. The Bertz CT molecular complexity index is 103. The summed E-state index contributed by atoms with van der Waals surface area (Å²) in [6.45, 7) is 11.7. The van der Waals surface area contributed by atoms with Gasteiger partial charge in [-0.15, -0.1) is 0 Å². The van der Waals surface area contributed by atoms with Gasteiger partial charge in [0, 0.05) is 0 Å². The number of hydrogen-bond donors (Lipinski definition) is 0. The summed E-state index contributed by atoms with van der Waals surface area (Å²) in [6, 6.07) is 0. The smallest absolute Gasteiger partial charge is 0.0443 e. The average molecular weight is 184 g/mol. The molecule has 1 atom stereocenters. The van der Waals surface area contributed by atoms with E-state index in [-0.39, 0.29) is 0 Å². The van der Waals surface area contributed by atoms with Crippen LogP contribution in [0.1, 0.15) is 66.7 Å². The van der Waals surface area contributed by atoms with Gasteiger partial charge in [0.2, 0.25) is 0 Å². The predicted octanol–water partition coefficient (Wildman–Crippen LogP) is 4.89. The van der Waals surface area contributed by atoms with Gasteiger partial charge >= 0.3 is 0 Å². The van der Waals surface area contributed by atoms with Crippen molar-refractivity contribution < 1.29 is 0 Å². The van der Waals surface area contributed by atoms with Gasteiger partial charge in [-0.1, -0.05) is 66.7 Å². The lowest BCUT2D eigenvalue weighted by molar-refractivity contribution is 0.400. The lowest BCUT2D eigenvalue weighted by Crippen LogP contribution is -1.99. The second-order valence-electron chi connectivity index (χ2n) is 5.40. The minimum Gasteiger partial charge on any atom is -0.0628 e. The van der Waals surface area contributed by atoms with Crippen LogP contribution >= 0.6 is 0 Å². The fraction of sp³-hybridized carbons (Fsp3) is 1.00. The Morgan fingerprint density at radius 1 is 0.615 bits per heavy atom. The van der Waals surface area contributed by atoms with Crippen LogP contribution in [0.4, 0.5) is 0 Å². The van der Waals surface area contributed by atoms with Gasteiger partial charge in [-0.25, -0.2) is 0 Å². The molecule has 13 heavy (non-hydrogen) atoms. The molecule has 0 radical (unpaired) electrons. The minimum absolute atomic E-state index is 0.882. The van der Waals surface area contributed by atoms with E-state index >= 15 is 0 Å². The quantitative estimate of drug-likeness (QED) is 0.528. The van der Waals surface area contributed by atoms with Gasteiger partial charge in [-0.05, 0) is 17.8 Å². The molecule has 0 amide bonds. The van der Waals surface area contributed by atoms with Crippen molar-refractivity contribution in [3.05, 3.63) is 0 Å². The number of hydrogen-bond acceptors (Lipinski definition) is 0. The molecule has 0 heterocycles. The Morgan fingerprint density at radius 2 is 1.15 bits per heavy atom. The predicted molar refractivity (Wildman–Crippen MR) is 61.9 cm³/mol. The molecule has 0 heteroatoms. The van der Waals surface area contributed by atoms with Crippen molar-refractivity contribution in [2.75, 3.05) is 0 Å². The summed E-state index contributed by atoms with van der Waals surface area (Å²) in [6.07, 6.45) is 7.10. The lowest BCUT2D eigenvalue weighted by atomic mass is 9.93. The highest BCUT2D eigenvalue weighted by Gasteiger charge is 2.04. The molecule has 0 N–H and O–H groups in total. The molecule has 80 valence electrons. The molecule has 0 aliphatic heterocycles.